The molecule has 2 rings (SSSR count). The molecule has 7 heteroatoms. The molecule has 136 valence electrons. The first kappa shape index (κ1) is 20.9. The van der Waals surface area contributed by atoms with Gasteiger partial charge < -0.3 is 15.8 Å². The van der Waals surface area contributed by atoms with E-state index in [9.17, 15) is 13.6 Å². The molecule has 4 nitrogen and oxygen atoms in total. The number of carbonyl (C=O) groups excluding carboxylic acids is 1. The second-order valence-electron chi connectivity index (χ2n) is 5.48. The molecule has 0 spiro atoms. The number of carbonyl (C=O) groups is 1. The Balaban J connectivity index is 0.00000312. The number of alkyl halides is 2. The van der Waals surface area contributed by atoms with Crippen molar-refractivity contribution < 1.29 is 18.3 Å². The molecule has 1 amide bonds. The van der Waals surface area contributed by atoms with Crippen molar-refractivity contribution in [3.05, 3.63) is 65.7 Å². The Hall–Kier alpha value is -2.18. The van der Waals surface area contributed by atoms with Crippen molar-refractivity contribution in [1.29, 1.82) is 0 Å². The van der Waals surface area contributed by atoms with E-state index in [1.807, 2.05) is 30.3 Å². The van der Waals surface area contributed by atoms with E-state index < -0.39 is 12.7 Å². The molecule has 25 heavy (non-hydrogen) atoms. The first-order chi connectivity index (χ1) is 11.5. The Labute approximate surface area is 151 Å². The summed E-state index contributed by atoms with van der Waals surface area (Å²) in [5.74, 6) is -0.247. The Morgan fingerprint density at radius 2 is 1.84 bits per heavy atom. The van der Waals surface area contributed by atoms with E-state index in [1.165, 1.54) is 12.1 Å². The minimum Gasteiger partial charge on any atom is -0.435 e. The second-order valence-corrected chi connectivity index (χ2v) is 5.48. The third-order valence-electron chi connectivity index (χ3n) is 3.58. The maximum Gasteiger partial charge on any atom is 0.387 e. The molecule has 2 atom stereocenters. The highest BCUT2D eigenvalue weighted by atomic mass is 35.5. The van der Waals surface area contributed by atoms with Gasteiger partial charge >= 0.3 is 6.61 Å². The van der Waals surface area contributed by atoms with Gasteiger partial charge in [-0.15, -0.1) is 12.4 Å². The van der Waals surface area contributed by atoms with Gasteiger partial charge in [0, 0.05) is 0 Å². The highest BCUT2D eigenvalue weighted by Crippen LogP contribution is 2.20. The van der Waals surface area contributed by atoms with Crippen LogP contribution in [0, 0.1) is 0 Å². The molecule has 0 bridgehead atoms. The summed E-state index contributed by atoms with van der Waals surface area (Å²) in [6, 6.07) is 14.6. The molecule has 1 unspecified atom stereocenters. The fourth-order valence-electron chi connectivity index (χ4n) is 2.32. The van der Waals surface area contributed by atoms with Crippen molar-refractivity contribution in [2.75, 3.05) is 0 Å². The van der Waals surface area contributed by atoms with Crippen LogP contribution >= 0.6 is 12.4 Å². The average Bonchev–Trinajstić information content (AvgIpc) is 2.55. The van der Waals surface area contributed by atoms with Crippen LogP contribution in [0.4, 0.5) is 8.78 Å². The molecule has 0 saturated heterocycles. The predicted molar refractivity (Wildman–Crippen MR) is 95.0 cm³/mol. The molecule has 2 aromatic carbocycles. The normalized spacial score (nSPS) is 12.8. The van der Waals surface area contributed by atoms with Crippen LogP contribution in [0.5, 0.6) is 5.75 Å². The van der Waals surface area contributed by atoms with Gasteiger partial charge in [-0.25, -0.2) is 0 Å². The summed E-state index contributed by atoms with van der Waals surface area (Å²) in [5.41, 5.74) is 7.57. The van der Waals surface area contributed by atoms with Gasteiger partial charge in [-0.3, -0.25) is 4.79 Å². The third kappa shape index (κ3) is 6.68. The van der Waals surface area contributed by atoms with Gasteiger partial charge in [0.2, 0.25) is 5.91 Å². The van der Waals surface area contributed by atoms with Gasteiger partial charge in [0.25, 0.3) is 0 Å². The fraction of sp³-hybridized carbons (Fsp3) is 0.278. The zero-order valence-electron chi connectivity index (χ0n) is 13.7. The van der Waals surface area contributed by atoms with Gasteiger partial charge in [-0.05, 0) is 36.6 Å². The topological polar surface area (TPSA) is 64.4 Å². The zero-order chi connectivity index (χ0) is 17.5. The molecule has 0 radical (unpaired) electrons. The quantitative estimate of drug-likeness (QED) is 0.784. The highest BCUT2D eigenvalue weighted by molar-refractivity contribution is 5.85. The Bertz CT molecular complexity index is 671. The number of amides is 1. The first-order valence-electron chi connectivity index (χ1n) is 7.60. The third-order valence-corrected chi connectivity index (χ3v) is 3.58. The van der Waals surface area contributed by atoms with Crippen LogP contribution in [0.3, 0.4) is 0 Å². The lowest BCUT2D eigenvalue weighted by molar-refractivity contribution is -0.123. The molecular formula is C18H21ClF2N2O2. The highest BCUT2D eigenvalue weighted by Gasteiger charge is 2.17. The lowest BCUT2D eigenvalue weighted by Crippen LogP contribution is -2.42. The summed E-state index contributed by atoms with van der Waals surface area (Å²) in [6.07, 6.45) is 0.425. The van der Waals surface area contributed by atoms with E-state index in [4.69, 9.17) is 5.73 Å². The van der Waals surface area contributed by atoms with Gasteiger partial charge in [0.05, 0.1) is 12.1 Å². The molecule has 0 saturated carbocycles. The molecule has 0 aliphatic heterocycles. The van der Waals surface area contributed by atoms with Gasteiger partial charge in [-0.1, -0.05) is 42.5 Å². The zero-order valence-corrected chi connectivity index (χ0v) is 14.5. The van der Waals surface area contributed by atoms with Crippen LogP contribution in [-0.4, -0.2) is 18.6 Å². The molecule has 3 N–H and O–H groups in total. The van der Waals surface area contributed by atoms with E-state index in [-0.39, 0.29) is 30.1 Å². The Kier molecular flexibility index (Phi) is 8.31. The number of hydrogen-bond donors (Lipinski definition) is 2. The maximum atomic E-state index is 12.3. The van der Waals surface area contributed by atoms with Crippen molar-refractivity contribution in [1.82, 2.24) is 5.32 Å². The standard InChI is InChI=1S/C18H20F2N2O2.ClH/c1-12(14-8-5-9-15(11-14)24-18(19)20)22-17(23)16(21)10-13-6-3-2-4-7-13;/h2-9,11-12,16,18H,10,21H2,1H3,(H,22,23);1H/t12?,16-;/m0./s1. The lowest BCUT2D eigenvalue weighted by atomic mass is 10.0. The van der Waals surface area contributed by atoms with Crippen molar-refractivity contribution in [2.45, 2.75) is 32.0 Å². The molecule has 0 fully saturated rings. The number of halogens is 3. The largest absolute Gasteiger partial charge is 0.435 e. The smallest absolute Gasteiger partial charge is 0.387 e. The molecular weight excluding hydrogens is 350 g/mol. The number of nitrogens with two attached hydrogens (primary N) is 1. The van der Waals surface area contributed by atoms with Crippen LogP contribution in [0.15, 0.2) is 54.6 Å². The van der Waals surface area contributed by atoms with E-state index in [0.717, 1.165) is 5.56 Å². The minimum absolute atomic E-state index is 0. The number of rotatable bonds is 7. The van der Waals surface area contributed by atoms with Crippen molar-refractivity contribution in [3.8, 4) is 5.75 Å². The Morgan fingerprint density at radius 1 is 1.16 bits per heavy atom. The number of ether oxygens (including phenoxy) is 1. The van der Waals surface area contributed by atoms with Gasteiger partial charge in [0.15, 0.2) is 0 Å². The minimum atomic E-state index is -2.88. The van der Waals surface area contributed by atoms with Crippen LogP contribution in [0.25, 0.3) is 0 Å². The summed E-state index contributed by atoms with van der Waals surface area (Å²) in [6.45, 7) is -1.13. The van der Waals surface area contributed by atoms with E-state index in [2.05, 4.69) is 10.1 Å². The molecule has 0 aliphatic rings. The molecule has 0 heterocycles. The summed E-state index contributed by atoms with van der Waals surface area (Å²) in [4.78, 5) is 12.2. The first-order valence-corrected chi connectivity index (χ1v) is 7.60. The van der Waals surface area contributed by atoms with Crippen molar-refractivity contribution in [3.63, 3.8) is 0 Å². The summed E-state index contributed by atoms with van der Waals surface area (Å²) in [7, 11) is 0. The monoisotopic (exact) mass is 370 g/mol. The molecule has 2 aromatic rings. The maximum absolute atomic E-state index is 12.3. The number of hydrogen-bond acceptors (Lipinski definition) is 3. The fourth-order valence-corrected chi connectivity index (χ4v) is 2.32. The summed E-state index contributed by atoms with van der Waals surface area (Å²) < 4.78 is 28.9. The number of nitrogens with one attached hydrogen (secondary N) is 1. The van der Waals surface area contributed by atoms with E-state index >= 15 is 0 Å². The van der Waals surface area contributed by atoms with Crippen LogP contribution in [0.2, 0.25) is 0 Å². The van der Waals surface area contributed by atoms with Crippen molar-refractivity contribution >= 4 is 18.3 Å². The Morgan fingerprint density at radius 3 is 2.48 bits per heavy atom. The number of benzene rings is 2. The molecule has 0 aromatic heterocycles. The predicted octanol–water partition coefficient (Wildman–Crippen LogP) is 3.46. The SMILES string of the molecule is CC(NC(=O)[C@@H](N)Cc1ccccc1)c1cccc(OC(F)F)c1.Cl. The van der Waals surface area contributed by atoms with Crippen LogP contribution in [-0.2, 0) is 11.2 Å². The second kappa shape index (κ2) is 9.96. The van der Waals surface area contributed by atoms with Crippen LogP contribution in [0.1, 0.15) is 24.1 Å². The summed E-state index contributed by atoms with van der Waals surface area (Å²) >= 11 is 0. The van der Waals surface area contributed by atoms with E-state index in [0.29, 0.717) is 12.0 Å². The van der Waals surface area contributed by atoms with Gasteiger partial charge in [-0.2, -0.15) is 8.78 Å². The van der Waals surface area contributed by atoms with Crippen LogP contribution < -0.4 is 15.8 Å². The molecule has 0 aliphatic carbocycles. The van der Waals surface area contributed by atoms with Gasteiger partial charge in [0.1, 0.15) is 5.75 Å². The lowest BCUT2D eigenvalue weighted by Gasteiger charge is -2.18. The summed E-state index contributed by atoms with van der Waals surface area (Å²) in [5, 5.41) is 2.79. The van der Waals surface area contributed by atoms with Crippen molar-refractivity contribution in [2.24, 2.45) is 5.73 Å². The van der Waals surface area contributed by atoms with E-state index in [1.54, 1.807) is 19.1 Å². The average molecular weight is 371 g/mol.